The highest BCUT2D eigenvalue weighted by Gasteiger charge is 2.31. The van der Waals surface area contributed by atoms with Crippen LogP contribution in [-0.4, -0.2) is 37.7 Å². The Kier molecular flexibility index (Phi) is 3.67. The lowest BCUT2D eigenvalue weighted by Crippen LogP contribution is -2.27. The Balaban J connectivity index is 2.48. The molecule has 1 aliphatic rings. The van der Waals surface area contributed by atoms with Crippen molar-refractivity contribution in [1.82, 2.24) is 0 Å². The Labute approximate surface area is 116 Å². The number of amides is 1. The van der Waals surface area contributed by atoms with Crippen molar-refractivity contribution in [2.45, 2.75) is 13.3 Å². The zero-order valence-electron chi connectivity index (χ0n) is 10.8. The molecule has 8 heteroatoms. The summed E-state index contributed by atoms with van der Waals surface area (Å²) in [5.74, 6) is -1.56. The van der Waals surface area contributed by atoms with Gasteiger partial charge in [-0.1, -0.05) is 0 Å². The van der Waals surface area contributed by atoms with E-state index in [1.807, 2.05) is 0 Å². The van der Waals surface area contributed by atoms with Crippen molar-refractivity contribution >= 4 is 33.3 Å². The highest BCUT2D eigenvalue weighted by Crippen LogP contribution is 2.29. The van der Waals surface area contributed by atoms with Crippen LogP contribution < -0.4 is 9.62 Å². The second-order valence-electron chi connectivity index (χ2n) is 4.46. The fourth-order valence-corrected chi connectivity index (χ4v) is 3.70. The largest absolute Gasteiger partial charge is 0.478 e. The van der Waals surface area contributed by atoms with Gasteiger partial charge in [-0.25, -0.2) is 13.2 Å². The first-order valence-electron chi connectivity index (χ1n) is 5.96. The molecule has 0 aliphatic carbocycles. The Morgan fingerprint density at radius 1 is 1.35 bits per heavy atom. The highest BCUT2D eigenvalue weighted by molar-refractivity contribution is 7.93. The van der Waals surface area contributed by atoms with E-state index in [0.29, 0.717) is 12.1 Å². The summed E-state index contributed by atoms with van der Waals surface area (Å²) in [6.45, 7) is 1.57. The van der Waals surface area contributed by atoms with Gasteiger partial charge in [0.05, 0.1) is 17.0 Å². The molecule has 1 saturated heterocycles. The molecule has 0 radical (unpaired) electrons. The van der Waals surface area contributed by atoms with Crippen molar-refractivity contribution in [2.75, 3.05) is 21.9 Å². The number of benzene rings is 1. The molecule has 2 rings (SSSR count). The summed E-state index contributed by atoms with van der Waals surface area (Å²) in [4.78, 5) is 22.3. The molecule has 20 heavy (non-hydrogen) atoms. The molecular formula is C12H14N2O5S. The summed E-state index contributed by atoms with van der Waals surface area (Å²) < 4.78 is 24.8. The summed E-state index contributed by atoms with van der Waals surface area (Å²) >= 11 is 0. The maximum Gasteiger partial charge on any atom is 0.337 e. The Morgan fingerprint density at radius 3 is 2.55 bits per heavy atom. The molecule has 1 heterocycles. The normalized spacial score (nSPS) is 16.9. The Morgan fingerprint density at radius 2 is 2.05 bits per heavy atom. The first kappa shape index (κ1) is 14.3. The number of nitrogens with zero attached hydrogens (tertiary/aromatic N) is 1. The maximum atomic E-state index is 11.9. The average Bonchev–Trinajstić information content (AvgIpc) is 2.68. The minimum Gasteiger partial charge on any atom is -0.478 e. The molecule has 1 aromatic carbocycles. The minimum absolute atomic E-state index is 0.0134. The molecule has 0 saturated carbocycles. The van der Waals surface area contributed by atoms with Crippen LogP contribution in [0.15, 0.2) is 18.2 Å². The monoisotopic (exact) mass is 298 g/mol. The standard InChI is InChI=1S/C12H14N2O5S/c1-8(15)13-9-3-4-11(10(7-9)12(16)17)14-5-2-6-20(14,18)19/h3-4,7H,2,5-6H2,1H3,(H,13,15)(H,16,17). The zero-order chi connectivity index (χ0) is 14.9. The lowest BCUT2D eigenvalue weighted by Gasteiger charge is -2.19. The molecule has 1 fully saturated rings. The van der Waals surface area contributed by atoms with Crippen LogP contribution >= 0.6 is 0 Å². The van der Waals surface area contributed by atoms with E-state index in [9.17, 15) is 23.1 Å². The van der Waals surface area contributed by atoms with Gasteiger partial charge in [-0.2, -0.15) is 0 Å². The SMILES string of the molecule is CC(=O)Nc1ccc(N2CCCS2(=O)=O)c(C(=O)O)c1. The van der Waals surface area contributed by atoms with Crippen LogP contribution in [0.2, 0.25) is 0 Å². The number of hydrogen-bond donors (Lipinski definition) is 2. The molecule has 0 bridgehead atoms. The molecule has 2 N–H and O–H groups in total. The third-order valence-corrected chi connectivity index (χ3v) is 4.77. The van der Waals surface area contributed by atoms with Crippen LogP contribution in [0, 0.1) is 0 Å². The Bertz CT molecular complexity index is 668. The number of aromatic carboxylic acids is 1. The second-order valence-corrected chi connectivity index (χ2v) is 6.47. The van der Waals surface area contributed by atoms with Crippen LogP contribution in [0.5, 0.6) is 0 Å². The third-order valence-electron chi connectivity index (χ3n) is 2.92. The molecule has 1 amide bonds. The van der Waals surface area contributed by atoms with Crippen LogP contribution in [0.3, 0.4) is 0 Å². The first-order chi connectivity index (χ1) is 9.31. The number of sulfonamides is 1. The number of carboxylic acid groups (broad SMARTS) is 1. The number of anilines is 2. The molecule has 1 aliphatic heterocycles. The van der Waals surface area contributed by atoms with Crippen molar-refractivity contribution in [3.63, 3.8) is 0 Å². The van der Waals surface area contributed by atoms with E-state index in [0.717, 1.165) is 4.31 Å². The van der Waals surface area contributed by atoms with Gasteiger partial charge in [0.15, 0.2) is 0 Å². The topological polar surface area (TPSA) is 104 Å². The van der Waals surface area contributed by atoms with Crippen molar-refractivity contribution in [1.29, 1.82) is 0 Å². The Hall–Kier alpha value is -2.09. The second kappa shape index (κ2) is 5.12. The van der Waals surface area contributed by atoms with E-state index in [-0.39, 0.29) is 29.5 Å². The number of carbonyl (C=O) groups is 2. The van der Waals surface area contributed by atoms with Crippen LogP contribution in [0.4, 0.5) is 11.4 Å². The van der Waals surface area contributed by atoms with Crippen LogP contribution in [0.1, 0.15) is 23.7 Å². The van der Waals surface area contributed by atoms with E-state index < -0.39 is 16.0 Å². The number of hydrogen-bond acceptors (Lipinski definition) is 4. The number of nitrogens with one attached hydrogen (secondary N) is 1. The summed E-state index contributed by atoms with van der Waals surface area (Å²) in [7, 11) is -3.45. The molecule has 0 spiro atoms. The molecule has 0 aromatic heterocycles. The predicted molar refractivity (Wildman–Crippen MR) is 73.5 cm³/mol. The van der Waals surface area contributed by atoms with Gasteiger partial charge in [-0.05, 0) is 24.6 Å². The third kappa shape index (κ3) is 2.74. The van der Waals surface area contributed by atoms with Crippen molar-refractivity contribution < 1.29 is 23.1 Å². The van der Waals surface area contributed by atoms with Gasteiger partial charge in [-0.15, -0.1) is 0 Å². The van der Waals surface area contributed by atoms with E-state index in [1.54, 1.807) is 0 Å². The van der Waals surface area contributed by atoms with Crippen molar-refractivity contribution in [3.05, 3.63) is 23.8 Å². The van der Waals surface area contributed by atoms with Gasteiger partial charge in [0.25, 0.3) is 0 Å². The lowest BCUT2D eigenvalue weighted by molar-refractivity contribution is -0.114. The van der Waals surface area contributed by atoms with Gasteiger partial charge >= 0.3 is 5.97 Å². The molecule has 7 nitrogen and oxygen atoms in total. The smallest absolute Gasteiger partial charge is 0.337 e. The number of rotatable bonds is 3. The van der Waals surface area contributed by atoms with Gasteiger partial charge in [0.1, 0.15) is 0 Å². The minimum atomic E-state index is -3.45. The number of carboxylic acids is 1. The fraction of sp³-hybridized carbons (Fsp3) is 0.333. The van der Waals surface area contributed by atoms with Crippen LogP contribution in [0.25, 0.3) is 0 Å². The zero-order valence-corrected chi connectivity index (χ0v) is 11.6. The molecule has 0 atom stereocenters. The first-order valence-corrected chi connectivity index (χ1v) is 7.57. The quantitative estimate of drug-likeness (QED) is 0.862. The molecule has 108 valence electrons. The van der Waals surface area contributed by atoms with Gasteiger partial charge in [0, 0.05) is 19.2 Å². The van der Waals surface area contributed by atoms with E-state index in [2.05, 4.69) is 5.32 Å². The summed E-state index contributed by atoms with van der Waals surface area (Å²) in [5.41, 5.74) is 0.293. The van der Waals surface area contributed by atoms with Gasteiger partial charge in [-0.3, -0.25) is 9.10 Å². The van der Waals surface area contributed by atoms with Gasteiger partial charge < -0.3 is 10.4 Å². The number of carbonyl (C=O) groups excluding carboxylic acids is 1. The van der Waals surface area contributed by atoms with Crippen molar-refractivity contribution in [2.24, 2.45) is 0 Å². The summed E-state index contributed by atoms with van der Waals surface area (Å²) in [6, 6.07) is 4.14. The summed E-state index contributed by atoms with van der Waals surface area (Å²) in [5, 5.41) is 11.7. The van der Waals surface area contributed by atoms with Gasteiger partial charge in [0.2, 0.25) is 15.9 Å². The predicted octanol–water partition coefficient (Wildman–Crippen LogP) is 0.883. The molecular weight excluding hydrogens is 284 g/mol. The van der Waals surface area contributed by atoms with Crippen LogP contribution in [-0.2, 0) is 14.8 Å². The van der Waals surface area contributed by atoms with E-state index in [1.165, 1.54) is 25.1 Å². The highest BCUT2D eigenvalue weighted by atomic mass is 32.2. The summed E-state index contributed by atoms with van der Waals surface area (Å²) in [6.07, 6.45) is 0.467. The molecule has 1 aromatic rings. The molecule has 0 unspecified atom stereocenters. The fourth-order valence-electron chi connectivity index (χ4n) is 2.12. The van der Waals surface area contributed by atoms with Crippen molar-refractivity contribution in [3.8, 4) is 0 Å². The van der Waals surface area contributed by atoms with E-state index in [4.69, 9.17) is 0 Å². The lowest BCUT2D eigenvalue weighted by atomic mass is 10.1. The average molecular weight is 298 g/mol. The maximum absolute atomic E-state index is 11.9. The van der Waals surface area contributed by atoms with E-state index >= 15 is 0 Å².